The van der Waals surface area contributed by atoms with Gasteiger partial charge in [0, 0.05) is 37.6 Å². The smallest absolute Gasteiger partial charge is 0.249 e. The Balaban J connectivity index is 1.69. The van der Waals surface area contributed by atoms with Crippen molar-refractivity contribution < 1.29 is 17.2 Å². The van der Waals surface area contributed by atoms with Gasteiger partial charge in [-0.2, -0.15) is 4.31 Å². The molecular weight excluding hydrogens is 378 g/mol. The van der Waals surface area contributed by atoms with Crippen LogP contribution < -0.4 is 0 Å². The molecule has 0 N–H and O–H groups in total. The molecule has 0 spiro atoms. The third-order valence-corrected chi connectivity index (χ3v) is 7.02. The summed E-state index contributed by atoms with van der Waals surface area (Å²) in [5.41, 5.74) is 0. The highest BCUT2D eigenvalue weighted by Gasteiger charge is 2.33. The first-order chi connectivity index (χ1) is 11.4. The van der Waals surface area contributed by atoms with Gasteiger partial charge in [-0.15, -0.1) is 11.3 Å². The zero-order valence-electron chi connectivity index (χ0n) is 12.6. The Bertz CT molecular complexity index is 813. The van der Waals surface area contributed by atoms with Crippen LogP contribution in [0.4, 0.5) is 8.78 Å². The Morgan fingerprint density at radius 2 is 1.67 bits per heavy atom. The maximum absolute atomic E-state index is 13.8. The predicted octanol–water partition coefficient (Wildman–Crippen LogP) is 3.19. The number of halogens is 3. The van der Waals surface area contributed by atoms with E-state index >= 15 is 0 Å². The summed E-state index contributed by atoms with van der Waals surface area (Å²) in [7, 11) is -4.18. The van der Waals surface area contributed by atoms with Crippen molar-refractivity contribution in [2.24, 2.45) is 0 Å². The summed E-state index contributed by atoms with van der Waals surface area (Å²) in [6.07, 6.45) is 0. The molecule has 9 heteroatoms. The van der Waals surface area contributed by atoms with Crippen LogP contribution in [-0.4, -0.2) is 43.8 Å². The molecule has 0 amide bonds. The number of nitrogens with zero attached hydrogens (tertiary/aromatic N) is 2. The van der Waals surface area contributed by atoms with Crippen LogP contribution in [0.1, 0.15) is 4.88 Å². The first-order valence-corrected chi connectivity index (χ1v) is 9.92. The number of hydrogen-bond donors (Lipinski definition) is 0. The van der Waals surface area contributed by atoms with Crippen molar-refractivity contribution in [3.8, 4) is 0 Å². The Hall–Kier alpha value is -1.06. The largest absolute Gasteiger partial charge is 0.296 e. The molecule has 1 aliphatic rings. The summed E-state index contributed by atoms with van der Waals surface area (Å²) in [5, 5.41) is 0. The van der Waals surface area contributed by atoms with E-state index < -0.39 is 26.6 Å². The fourth-order valence-electron chi connectivity index (χ4n) is 2.64. The summed E-state index contributed by atoms with van der Waals surface area (Å²) >= 11 is 7.38. The molecule has 0 bridgehead atoms. The fourth-order valence-corrected chi connectivity index (χ4v) is 5.30. The molecule has 0 radical (unpaired) electrons. The molecule has 1 aromatic carbocycles. The normalized spacial score (nSPS) is 17.3. The van der Waals surface area contributed by atoms with Gasteiger partial charge in [0.1, 0.15) is 11.6 Å². The lowest BCUT2D eigenvalue weighted by atomic mass is 10.3. The Morgan fingerprint density at radius 3 is 2.21 bits per heavy atom. The number of piperazine rings is 1. The minimum Gasteiger partial charge on any atom is -0.296 e. The van der Waals surface area contributed by atoms with Gasteiger partial charge in [-0.3, -0.25) is 4.90 Å². The maximum Gasteiger partial charge on any atom is 0.249 e. The summed E-state index contributed by atoms with van der Waals surface area (Å²) in [6, 6.07) is 6.81. The van der Waals surface area contributed by atoms with Crippen molar-refractivity contribution >= 4 is 33.0 Å². The lowest BCUT2D eigenvalue weighted by molar-refractivity contribution is 0.182. The average Bonchev–Trinajstić information content (AvgIpc) is 2.92. The van der Waals surface area contributed by atoms with Crippen LogP contribution in [0.25, 0.3) is 0 Å². The highest BCUT2D eigenvalue weighted by atomic mass is 35.5. The van der Waals surface area contributed by atoms with E-state index in [0.717, 1.165) is 27.4 Å². The van der Waals surface area contributed by atoms with Gasteiger partial charge >= 0.3 is 0 Å². The topological polar surface area (TPSA) is 40.6 Å². The molecule has 1 saturated heterocycles. The lowest BCUT2D eigenvalue weighted by Gasteiger charge is -2.33. The first kappa shape index (κ1) is 17.8. The van der Waals surface area contributed by atoms with Crippen LogP contribution in [0, 0.1) is 11.6 Å². The van der Waals surface area contributed by atoms with Crippen molar-refractivity contribution in [2.75, 3.05) is 26.2 Å². The van der Waals surface area contributed by atoms with Gasteiger partial charge in [-0.25, -0.2) is 17.2 Å². The molecule has 0 aliphatic carbocycles. The molecule has 0 atom stereocenters. The van der Waals surface area contributed by atoms with Gasteiger partial charge in [0.05, 0.1) is 4.34 Å². The van der Waals surface area contributed by atoms with Crippen LogP contribution in [0.3, 0.4) is 0 Å². The van der Waals surface area contributed by atoms with Crippen molar-refractivity contribution in [3.05, 3.63) is 51.2 Å². The maximum atomic E-state index is 13.8. The molecule has 1 aliphatic heterocycles. The molecular formula is C15H15ClF2N2O2S2. The summed E-state index contributed by atoms with van der Waals surface area (Å²) < 4.78 is 54.5. The quantitative estimate of drug-likeness (QED) is 0.802. The minimum atomic E-state index is -4.18. The van der Waals surface area contributed by atoms with Gasteiger partial charge in [-0.05, 0) is 24.3 Å². The molecule has 3 rings (SSSR count). The van der Waals surface area contributed by atoms with Crippen molar-refractivity contribution in [1.82, 2.24) is 9.21 Å². The predicted molar refractivity (Wildman–Crippen MR) is 89.7 cm³/mol. The zero-order chi connectivity index (χ0) is 17.3. The number of rotatable bonds is 4. The number of benzene rings is 1. The molecule has 0 saturated carbocycles. The standard InChI is InChI=1S/C15H15ClF2N2O2S2/c16-14-5-4-11(23-14)10-19-6-8-20(9-7-19)24(21,22)15-12(17)2-1-3-13(15)18/h1-5H,6-10H2. The molecule has 2 aromatic rings. The van der Waals surface area contributed by atoms with Crippen LogP contribution >= 0.6 is 22.9 Å². The molecule has 130 valence electrons. The van der Waals surface area contributed by atoms with E-state index in [2.05, 4.69) is 4.90 Å². The second-order valence-electron chi connectivity index (χ2n) is 5.44. The molecule has 1 aromatic heterocycles. The SMILES string of the molecule is O=S(=O)(c1c(F)cccc1F)N1CCN(Cc2ccc(Cl)s2)CC1. The molecule has 0 unspecified atom stereocenters. The van der Waals surface area contributed by atoms with Crippen molar-refractivity contribution in [1.29, 1.82) is 0 Å². The minimum absolute atomic E-state index is 0.190. The van der Waals surface area contributed by atoms with E-state index in [1.165, 1.54) is 11.3 Å². The van der Waals surface area contributed by atoms with E-state index in [1.54, 1.807) is 0 Å². The van der Waals surface area contributed by atoms with E-state index in [4.69, 9.17) is 11.6 Å². The van der Waals surface area contributed by atoms with E-state index in [9.17, 15) is 17.2 Å². The highest BCUT2D eigenvalue weighted by molar-refractivity contribution is 7.89. The fraction of sp³-hybridized carbons (Fsp3) is 0.333. The van der Waals surface area contributed by atoms with Crippen LogP contribution in [0.5, 0.6) is 0 Å². The highest BCUT2D eigenvalue weighted by Crippen LogP contribution is 2.25. The Labute approximate surface area is 148 Å². The van der Waals surface area contributed by atoms with Gasteiger partial charge in [-0.1, -0.05) is 17.7 Å². The summed E-state index contributed by atoms with van der Waals surface area (Å²) in [4.78, 5) is 2.31. The first-order valence-electron chi connectivity index (χ1n) is 7.28. The number of hydrogen-bond acceptors (Lipinski definition) is 4. The molecule has 2 heterocycles. The van der Waals surface area contributed by atoms with Crippen molar-refractivity contribution in [2.45, 2.75) is 11.4 Å². The van der Waals surface area contributed by atoms with E-state index in [1.807, 2.05) is 12.1 Å². The Kier molecular flexibility index (Phi) is 5.22. The molecule has 1 fully saturated rings. The average molecular weight is 393 g/mol. The zero-order valence-corrected chi connectivity index (χ0v) is 15.0. The lowest BCUT2D eigenvalue weighted by Crippen LogP contribution is -2.48. The van der Waals surface area contributed by atoms with Gasteiger partial charge in [0.2, 0.25) is 10.0 Å². The monoisotopic (exact) mass is 392 g/mol. The van der Waals surface area contributed by atoms with Gasteiger partial charge < -0.3 is 0 Å². The third-order valence-electron chi connectivity index (χ3n) is 3.86. The molecule has 24 heavy (non-hydrogen) atoms. The van der Waals surface area contributed by atoms with Gasteiger partial charge in [0.15, 0.2) is 4.90 Å². The van der Waals surface area contributed by atoms with Crippen LogP contribution in [0.15, 0.2) is 35.2 Å². The summed E-state index contributed by atoms with van der Waals surface area (Å²) in [6.45, 7) is 2.04. The van der Waals surface area contributed by atoms with Crippen LogP contribution in [0.2, 0.25) is 4.34 Å². The second kappa shape index (κ2) is 7.05. The molecule has 4 nitrogen and oxygen atoms in total. The number of sulfonamides is 1. The number of thiophene rings is 1. The second-order valence-corrected chi connectivity index (χ2v) is 9.11. The van der Waals surface area contributed by atoms with Crippen LogP contribution in [-0.2, 0) is 16.6 Å². The van der Waals surface area contributed by atoms with Gasteiger partial charge in [0.25, 0.3) is 0 Å². The van der Waals surface area contributed by atoms with Crippen molar-refractivity contribution in [3.63, 3.8) is 0 Å². The third kappa shape index (κ3) is 3.62. The van der Waals surface area contributed by atoms with E-state index in [-0.39, 0.29) is 13.1 Å². The summed E-state index contributed by atoms with van der Waals surface area (Å²) in [5.74, 6) is -2.13. The van der Waals surface area contributed by atoms with E-state index in [0.29, 0.717) is 24.0 Å². The Morgan fingerprint density at radius 1 is 1.04 bits per heavy atom.